The summed E-state index contributed by atoms with van der Waals surface area (Å²) in [6.45, 7) is 1.95. The number of hydrogen-bond acceptors (Lipinski definition) is 8. The molecule has 1 heterocycles. The molecule has 0 saturated carbocycles. The minimum atomic E-state index is -1.04. The predicted molar refractivity (Wildman–Crippen MR) is 128 cm³/mol. The van der Waals surface area contributed by atoms with Gasteiger partial charge in [-0.1, -0.05) is 17.7 Å². The minimum Gasteiger partial charge on any atom is -0.465 e. The highest BCUT2D eigenvalue weighted by Gasteiger charge is 2.29. The second-order valence-electron chi connectivity index (χ2n) is 7.48. The number of ether oxygens (including phenoxy) is 2. The topological polar surface area (TPSA) is 174 Å². The summed E-state index contributed by atoms with van der Waals surface area (Å²) in [4.78, 5) is 56.8. The molecule has 12 nitrogen and oxygen atoms in total. The second kappa shape index (κ2) is 10.9. The van der Waals surface area contributed by atoms with Gasteiger partial charge in [0.25, 0.3) is 5.91 Å². The van der Waals surface area contributed by atoms with Crippen LogP contribution in [0, 0.1) is 6.92 Å². The van der Waals surface area contributed by atoms with E-state index in [1.54, 1.807) is 0 Å². The summed E-state index contributed by atoms with van der Waals surface area (Å²) in [6.07, 6.45) is -0.313. The monoisotopic (exact) mass is 480 g/mol. The third-order valence-electron chi connectivity index (χ3n) is 4.80. The Balaban J connectivity index is 1.68. The first kappa shape index (κ1) is 24.9. The lowest BCUT2D eigenvalue weighted by Crippen LogP contribution is -2.32. The van der Waals surface area contributed by atoms with Crippen molar-refractivity contribution in [2.24, 2.45) is 15.7 Å². The molecule has 0 fully saturated rings. The second-order valence-corrected chi connectivity index (χ2v) is 7.48. The van der Waals surface area contributed by atoms with E-state index in [2.05, 4.69) is 35.4 Å². The molecule has 0 radical (unpaired) electrons. The SMILES string of the molecule is COC(=O)c1cc(NC(=O)C[C@H]2N=C(N=C(N)Nc3ccc(C)cc3)NC2=O)cc(C(=O)OC)c1. The summed E-state index contributed by atoms with van der Waals surface area (Å²) in [6, 6.07) is 10.3. The van der Waals surface area contributed by atoms with E-state index in [1.807, 2.05) is 31.2 Å². The van der Waals surface area contributed by atoms with Gasteiger partial charge in [0.15, 0.2) is 0 Å². The summed E-state index contributed by atoms with van der Waals surface area (Å²) in [5.41, 5.74) is 7.88. The largest absolute Gasteiger partial charge is 0.465 e. The number of esters is 2. The highest BCUT2D eigenvalue weighted by molar-refractivity contribution is 6.11. The number of rotatable bonds is 6. The van der Waals surface area contributed by atoms with Crippen LogP contribution in [-0.4, -0.2) is 55.9 Å². The molecule has 1 atom stereocenters. The summed E-state index contributed by atoms with van der Waals surface area (Å²) in [7, 11) is 2.37. The van der Waals surface area contributed by atoms with Crippen LogP contribution < -0.4 is 21.7 Å². The number of benzene rings is 2. The Hall–Kier alpha value is -4.74. The van der Waals surface area contributed by atoms with Gasteiger partial charge in [-0.15, -0.1) is 0 Å². The summed E-state index contributed by atoms with van der Waals surface area (Å²) in [5, 5.41) is 7.89. The molecular weight excluding hydrogens is 456 g/mol. The number of amides is 2. The predicted octanol–water partition coefficient (Wildman–Crippen LogP) is 1.18. The van der Waals surface area contributed by atoms with Crippen molar-refractivity contribution in [1.29, 1.82) is 0 Å². The molecule has 35 heavy (non-hydrogen) atoms. The van der Waals surface area contributed by atoms with Gasteiger partial charge in [-0.05, 0) is 37.3 Å². The van der Waals surface area contributed by atoms with Crippen LogP contribution in [0.25, 0.3) is 0 Å². The highest BCUT2D eigenvalue weighted by Crippen LogP contribution is 2.18. The number of nitrogens with one attached hydrogen (secondary N) is 3. The quantitative estimate of drug-likeness (QED) is 0.271. The van der Waals surface area contributed by atoms with Crippen molar-refractivity contribution in [2.75, 3.05) is 24.9 Å². The number of hydrogen-bond donors (Lipinski definition) is 4. The zero-order valence-electron chi connectivity index (χ0n) is 19.2. The van der Waals surface area contributed by atoms with Crippen LogP contribution in [0.1, 0.15) is 32.7 Å². The molecule has 3 rings (SSSR count). The van der Waals surface area contributed by atoms with Crippen LogP contribution in [-0.2, 0) is 19.1 Å². The average Bonchev–Trinajstić information content (AvgIpc) is 3.16. The van der Waals surface area contributed by atoms with Crippen molar-refractivity contribution in [3.05, 3.63) is 59.2 Å². The fraction of sp³-hybridized carbons (Fsp3) is 0.217. The molecule has 0 spiro atoms. The first-order valence-corrected chi connectivity index (χ1v) is 10.4. The zero-order chi connectivity index (χ0) is 25.5. The van der Waals surface area contributed by atoms with E-state index >= 15 is 0 Å². The number of carbonyl (C=O) groups excluding carboxylic acids is 4. The Bertz CT molecular complexity index is 1190. The maximum atomic E-state index is 12.5. The van der Waals surface area contributed by atoms with Gasteiger partial charge in [0.1, 0.15) is 6.04 Å². The molecule has 0 bridgehead atoms. The molecule has 2 amide bonds. The number of methoxy groups -OCH3 is 2. The molecule has 0 saturated heterocycles. The summed E-state index contributed by atoms with van der Waals surface area (Å²) >= 11 is 0. The Morgan fingerprint density at radius 3 is 2.17 bits per heavy atom. The molecule has 2 aromatic rings. The van der Waals surface area contributed by atoms with Gasteiger partial charge in [0, 0.05) is 11.4 Å². The van der Waals surface area contributed by atoms with Gasteiger partial charge in [-0.3, -0.25) is 14.9 Å². The van der Waals surface area contributed by atoms with Crippen molar-refractivity contribution in [2.45, 2.75) is 19.4 Å². The third-order valence-corrected chi connectivity index (χ3v) is 4.80. The summed E-state index contributed by atoms with van der Waals surface area (Å²) in [5.74, 6) is -2.54. The fourth-order valence-electron chi connectivity index (χ4n) is 3.11. The molecule has 1 aliphatic heterocycles. The minimum absolute atomic E-state index is 0.00738. The molecule has 0 aromatic heterocycles. The Kier molecular flexibility index (Phi) is 7.77. The lowest BCUT2D eigenvalue weighted by Gasteiger charge is -2.10. The van der Waals surface area contributed by atoms with Crippen LogP contribution >= 0.6 is 0 Å². The Morgan fingerprint density at radius 2 is 1.60 bits per heavy atom. The molecule has 1 aliphatic rings. The van der Waals surface area contributed by atoms with E-state index in [-0.39, 0.29) is 35.2 Å². The first-order chi connectivity index (χ1) is 16.7. The van der Waals surface area contributed by atoms with Crippen molar-refractivity contribution >= 4 is 47.0 Å². The number of nitrogens with zero attached hydrogens (tertiary/aromatic N) is 2. The fourth-order valence-corrected chi connectivity index (χ4v) is 3.11. The Morgan fingerprint density at radius 1 is 1.00 bits per heavy atom. The maximum absolute atomic E-state index is 12.5. The van der Waals surface area contributed by atoms with Crippen molar-refractivity contribution in [3.8, 4) is 0 Å². The van der Waals surface area contributed by atoms with E-state index in [9.17, 15) is 19.2 Å². The molecular formula is C23H24N6O6. The van der Waals surface area contributed by atoms with Crippen LogP contribution in [0.5, 0.6) is 0 Å². The van der Waals surface area contributed by atoms with E-state index in [0.717, 1.165) is 5.56 Å². The van der Waals surface area contributed by atoms with Gasteiger partial charge in [-0.2, -0.15) is 4.99 Å². The average molecular weight is 480 g/mol. The smallest absolute Gasteiger partial charge is 0.337 e. The number of anilines is 2. The van der Waals surface area contributed by atoms with Gasteiger partial charge in [0.05, 0.1) is 31.8 Å². The van der Waals surface area contributed by atoms with Gasteiger partial charge >= 0.3 is 11.9 Å². The van der Waals surface area contributed by atoms with Crippen LogP contribution in [0.3, 0.4) is 0 Å². The molecule has 12 heteroatoms. The van der Waals surface area contributed by atoms with Crippen LogP contribution in [0.15, 0.2) is 52.4 Å². The number of carbonyl (C=O) groups is 4. The number of nitrogens with two attached hydrogens (primary N) is 1. The molecule has 2 aromatic carbocycles. The van der Waals surface area contributed by atoms with Crippen molar-refractivity contribution < 1.29 is 28.7 Å². The molecule has 0 unspecified atom stereocenters. The van der Waals surface area contributed by atoms with Gasteiger partial charge in [-0.25, -0.2) is 14.6 Å². The standard InChI is InChI=1S/C23H24N6O6/c1-12-4-6-15(7-5-12)26-22(24)29-23-27-17(19(31)28-23)11-18(30)25-16-9-13(20(32)34-2)8-14(10-16)21(33)35-3/h4-10,17H,11H2,1-3H3,(H,25,30)(H4,24,26,27,28,29,31)/t17-/m1/s1. The van der Waals surface area contributed by atoms with Crippen LogP contribution in [0.4, 0.5) is 11.4 Å². The molecule has 5 N–H and O–H groups in total. The van der Waals surface area contributed by atoms with Crippen LogP contribution in [0.2, 0.25) is 0 Å². The van der Waals surface area contributed by atoms with E-state index in [1.165, 1.54) is 32.4 Å². The van der Waals surface area contributed by atoms with E-state index < -0.39 is 29.8 Å². The first-order valence-electron chi connectivity index (χ1n) is 10.4. The van der Waals surface area contributed by atoms with Gasteiger partial charge in [0.2, 0.25) is 17.8 Å². The third kappa shape index (κ3) is 6.63. The number of aliphatic imine (C=N–C) groups is 2. The molecule has 0 aliphatic carbocycles. The summed E-state index contributed by atoms with van der Waals surface area (Å²) < 4.78 is 9.34. The normalized spacial score (nSPS) is 15.1. The highest BCUT2D eigenvalue weighted by atomic mass is 16.5. The van der Waals surface area contributed by atoms with E-state index in [4.69, 9.17) is 5.73 Å². The zero-order valence-corrected chi connectivity index (χ0v) is 19.2. The van der Waals surface area contributed by atoms with Crippen molar-refractivity contribution in [1.82, 2.24) is 5.32 Å². The Labute approximate surface area is 200 Å². The maximum Gasteiger partial charge on any atom is 0.337 e. The van der Waals surface area contributed by atoms with Gasteiger partial charge < -0.3 is 25.8 Å². The van der Waals surface area contributed by atoms with E-state index in [0.29, 0.717) is 5.69 Å². The number of guanidine groups is 2. The lowest BCUT2D eigenvalue weighted by atomic mass is 10.1. The molecule has 182 valence electrons. The van der Waals surface area contributed by atoms with Crippen molar-refractivity contribution in [3.63, 3.8) is 0 Å². The number of aryl methyl sites for hydroxylation is 1. The lowest BCUT2D eigenvalue weighted by molar-refractivity contribution is -0.123.